The van der Waals surface area contributed by atoms with Crippen molar-refractivity contribution >= 4 is 49.7 Å². The van der Waals surface area contributed by atoms with Crippen LogP contribution in [0.5, 0.6) is 11.6 Å². The Morgan fingerprint density at radius 1 is 1.04 bits per heavy atom. The Kier molecular flexibility index (Phi) is 9.91. The summed E-state index contributed by atoms with van der Waals surface area (Å²) in [6.45, 7) is 3.98. The fourth-order valence-corrected chi connectivity index (χ4v) is 9.36. The molecule has 2 aliphatic carbocycles. The van der Waals surface area contributed by atoms with Crippen molar-refractivity contribution in [2.45, 2.75) is 108 Å². The van der Waals surface area contributed by atoms with Crippen LogP contribution in [0.15, 0.2) is 65.1 Å². The number of carbonyl (C=O) groups is 3. The quantitative estimate of drug-likeness (QED) is 0.213. The highest BCUT2D eigenvalue weighted by atomic mass is 32.2. The van der Waals surface area contributed by atoms with Crippen molar-refractivity contribution in [3.05, 3.63) is 60.7 Å². The number of rotatable bonds is 8. The van der Waals surface area contributed by atoms with Crippen LogP contribution >= 0.6 is 0 Å². The molecule has 4 aromatic rings. The Morgan fingerprint density at radius 2 is 1.82 bits per heavy atom. The molecule has 4 heterocycles. The molecule has 5 atom stereocenters. The lowest BCUT2D eigenvalue weighted by Gasteiger charge is -2.27. The smallest absolute Gasteiger partial charge is 0.262 e. The Morgan fingerprint density at radius 3 is 2.58 bits per heavy atom. The monoisotopic (exact) mass is 769 g/mol. The standard InChI is InChI=1S/C41H47N5O8S/c1-24(2)52-27-16-14-25(15-17-27)37-43-35-30-11-8-9-13-34(30)54-36(35)38(44-37)53-28-20-32-33(47)22-41(40(49)45-55(50,51)29-18-19-29)21-26(41)10-6-4-3-5-7-12-31(42)39(48)46(32)23-28/h6,8-11,13-17,24,26,28-29,31-32H,3-5,7,12,18-23,42H2,1-2H3,(H,45,49)/b10-6-/t26-,28+,31-,32-,41+/m0/s1. The highest BCUT2D eigenvalue weighted by Gasteiger charge is 2.61. The minimum absolute atomic E-state index is 0.0124. The highest BCUT2D eigenvalue weighted by molar-refractivity contribution is 7.90. The van der Waals surface area contributed by atoms with E-state index in [0.29, 0.717) is 53.9 Å². The molecule has 1 saturated heterocycles. The Labute approximate surface area is 320 Å². The number of nitrogens with one attached hydrogen (secondary N) is 1. The second-order valence-corrected chi connectivity index (χ2v) is 17.7. The van der Waals surface area contributed by atoms with E-state index in [4.69, 9.17) is 29.6 Å². The molecule has 3 fully saturated rings. The summed E-state index contributed by atoms with van der Waals surface area (Å²) in [4.78, 5) is 53.4. The van der Waals surface area contributed by atoms with E-state index >= 15 is 0 Å². The first kappa shape index (κ1) is 37.1. The lowest BCUT2D eigenvalue weighted by Crippen LogP contribution is -2.49. The molecule has 0 spiro atoms. The third kappa shape index (κ3) is 7.58. The number of allylic oxidation sites excluding steroid dienone is 2. The van der Waals surface area contributed by atoms with Gasteiger partial charge in [-0.25, -0.2) is 13.4 Å². The maximum absolute atomic E-state index is 14.4. The van der Waals surface area contributed by atoms with E-state index in [-0.39, 0.29) is 49.0 Å². The van der Waals surface area contributed by atoms with E-state index < -0.39 is 44.8 Å². The lowest BCUT2D eigenvalue weighted by molar-refractivity contribution is -0.140. The third-order valence-electron chi connectivity index (χ3n) is 11.2. The topological polar surface area (TPSA) is 184 Å². The molecule has 4 aliphatic rings. The van der Waals surface area contributed by atoms with Crippen LogP contribution in [0.2, 0.25) is 0 Å². The fraction of sp³-hybridized carbons (Fsp3) is 0.488. The van der Waals surface area contributed by atoms with Crippen molar-refractivity contribution in [1.82, 2.24) is 19.6 Å². The van der Waals surface area contributed by atoms with Gasteiger partial charge in [-0.3, -0.25) is 19.1 Å². The minimum atomic E-state index is -3.83. The van der Waals surface area contributed by atoms with Crippen molar-refractivity contribution < 1.29 is 36.7 Å². The molecule has 14 heteroatoms. The van der Waals surface area contributed by atoms with E-state index in [1.807, 2.05) is 74.5 Å². The first-order valence-electron chi connectivity index (χ1n) is 19.4. The zero-order valence-electron chi connectivity index (χ0n) is 31.1. The van der Waals surface area contributed by atoms with Gasteiger partial charge in [0.15, 0.2) is 11.6 Å². The number of ketones is 1. The molecule has 3 N–H and O–H groups in total. The van der Waals surface area contributed by atoms with Gasteiger partial charge in [0.25, 0.3) is 5.88 Å². The van der Waals surface area contributed by atoms with Crippen molar-refractivity contribution in [3.8, 4) is 23.0 Å². The first-order valence-corrected chi connectivity index (χ1v) is 20.9. The summed E-state index contributed by atoms with van der Waals surface area (Å²) < 4.78 is 46.7. The van der Waals surface area contributed by atoms with Gasteiger partial charge in [0.2, 0.25) is 27.4 Å². The molecular weight excluding hydrogens is 723 g/mol. The van der Waals surface area contributed by atoms with Crippen molar-refractivity contribution in [2.75, 3.05) is 6.54 Å². The zero-order chi connectivity index (χ0) is 38.5. The fourth-order valence-electron chi connectivity index (χ4n) is 7.97. The SMILES string of the molecule is CC(C)Oc1ccc(-c2nc(O[C@@H]3C[C@H]4C(=O)C[C@]5(C(=O)NS(=O)(=O)C6CC6)C[C@@H]5/C=C\CCCCC[C@H](N)C(=O)N4C3)c3oc4ccccc4c3n2)cc1. The lowest BCUT2D eigenvalue weighted by atomic mass is 9.91. The number of aromatic nitrogens is 2. The minimum Gasteiger partial charge on any atom is -0.491 e. The number of ether oxygens (including phenoxy) is 2. The van der Waals surface area contributed by atoms with Crippen LogP contribution in [-0.2, 0) is 24.4 Å². The van der Waals surface area contributed by atoms with E-state index in [1.54, 1.807) is 0 Å². The van der Waals surface area contributed by atoms with E-state index in [0.717, 1.165) is 36.6 Å². The summed E-state index contributed by atoms with van der Waals surface area (Å²) in [7, 11) is -3.83. The van der Waals surface area contributed by atoms with Crippen LogP contribution in [0.3, 0.4) is 0 Å². The Balaban J connectivity index is 1.11. The molecule has 2 aromatic carbocycles. The van der Waals surface area contributed by atoms with Gasteiger partial charge in [-0.2, -0.15) is 4.98 Å². The van der Waals surface area contributed by atoms with Gasteiger partial charge in [-0.05, 0) is 94.7 Å². The predicted molar refractivity (Wildman–Crippen MR) is 205 cm³/mol. The molecule has 0 bridgehead atoms. The molecule has 13 nitrogen and oxygen atoms in total. The average molecular weight is 770 g/mol. The first-order chi connectivity index (χ1) is 26.4. The van der Waals surface area contributed by atoms with E-state index in [9.17, 15) is 22.8 Å². The number of furan rings is 1. The predicted octanol–water partition coefficient (Wildman–Crippen LogP) is 5.60. The van der Waals surface area contributed by atoms with Gasteiger partial charge in [-0.15, -0.1) is 0 Å². The number of hydrogen-bond donors (Lipinski definition) is 2. The Hall–Kier alpha value is -4.82. The van der Waals surface area contributed by atoms with Gasteiger partial charge < -0.3 is 24.5 Å². The number of para-hydroxylation sites is 1. The summed E-state index contributed by atoms with van der Waals surface area (Å²) in [5, 5.41) is 0.196. The number of nitrogens with zero attached hydrogens (tertiary/aromatic N) is 3. The van der Waals surface area contributed by atoms with Crippen LogP contribution in [0.25, 0.3) is 33.5 Å². The summed E-state index contributed by atoms with van der Waals surface area (Å²) in [5.74, 6) is -0.361. The van der Waals surface area contributed by atoms with Crippen LogP contribution in [0.1, 0.15) is 78.1 Å². The summed E-state index contributed by atoms with van der Waals surface area (Å²) in [5.41, 5.74) is 7.48. The maximum atomic E-state index is 14.4. The summed E-state index contributed by atoms with van der Waals surface area (Å²) in [6, 6.07) is 13.2. The van der Waals surface area contributed by atoms with Crippen LogP contribution < -0.4 is 19.9 Å². The molecule has 0 unspecified atom stereocenters. The molecular formula is C41H47N5O8S. The number of carbonyl (C=O) groups excluding carboxylic acids is 3. The number of sulfonamides is 1. The van der Waals surface area contributed by atoms with Gasteiger partial charge in [0.1, 0.15) is 23.0 Å². The maximum Gasteiger partial charge on any atom is 0.262 e. The number of nitrogens with two attached hydrogens (primary N) is 1. The average Bonchev–Trinajstić information content (AvgIpc) is 4.06. The molecule has 8 rings (SSSR count). The van der Waals surface area contributed by atoms with Crippen molar-refractivity contribution in [1.29, 1.82) is 0 Å². The van der Waals surface area contributed by atoms with E-state index in [2.05, 4.69) is 4.72 Å². The normalized spacial score (nSPS) is 26.9. The molecule has 2 amide bonds. The summed E-state index contributed by atoms with van der Waals surface area (Å²) >= 11 is 0. The van der Waals surface area contributed by atoms with Gasteiger partial charge in [0, 0.05) is 23.8 Å². The number of hydrogen-bond acceptors (Lipinski definition) is 11. The van der Waals surface area contributed by atoms with E-state index in [1.165, 1.54) is 4.90 Å². The number of amides is 2. The molecule has 2 aromatic heterocycles. The summed E-state index contributed by atoms with van der Waals surface area (Å²) in [6.07, 6.45) is 8.30. The molecule has 290 valence electrons. The largest absolute Gasteiger partial charge is 0.491 e. The molecule has 0 radical (unpaired) electrons. The number of benzene rings is 2. The number of fused-ring (bicyclic) bond motifs is 5. The highest BCUT2D eigenvalue weighted by Crippen LogP contribution is 2.57. The van der Waals surface area contributed by atoms with Crippen LogP contribution in [0.4, 0.5) is 0 Å². The van der Waals surface area contributed by atoms with Crippen LogP contribution in [-0.4, -0.2) is 77.0 Å². The zero-order valence-corrected chi connectivity index (χ0v) is 31.9. The third-order valence-corrected chi connectivity index (χ3v) is 13.0. The van der Waals surface area contributed by atoms with Crippen LogP contribution in [0, 0.1) is 11.3 Å². The molecule has 2 aliphatic heterocycles. The number of Topliss-reactive ketones (excluding diaryl/α,β-unsaturated/α-hetero) is 1. The Bertz CT molecular complexity index is 2270. The van der Waals surface area contributed by atoms with Gasteiger partial charge >= 0.3 is 0 Å². The van der Waals surface area contributed by atoms with Gasteiger partial charge in [-0.1, -0.05) is 37.1 Å². The molecule has 2 saturated carbocycles. The second kappa shape index (κ2) is 14.7. The van der Waals surface area contributed by atoms with Crippen molar-refractivity contribution in [3.63, 3.8) is 0 Å². The molecule has 55 heavy (non-hydrogen) atoms. The van der Waals surface area contributed by atoms with Gasteiger partial charge in [0.05, 0.1) is 35.4 Å². The van der Waals surface area contributed by atoms with Crippen molar-refractivity contribution in [2.24, 2.45) is 17.1 Å². The second-order valence-electron chi connectivity index (χ2n) is 15.8.